The van der Waals surface area contributed by atoms with Crippen molar-refractivity contribution in [3.63, 3.8) is 0 Å². The largest absolute Gasteiger partial charge is 0.459 e. The van der Waals surface area contributed by atoms with Gasteiger partial charge in [0.15, 0.2) is 5.76 Å². The lowest BCUT2D eigenvalue weighted by Crippen LogP contribution is -2.35. The van der Waals surface area contributed by atoms with E-state index in [1.54, 1.807) is 0 Å². The summed E-state index contributed by atoms with van der Waals surface area (Å²) in [6.07, 6.45) is -1.42. The van der Waals surface area contributed by atoms with Crippen molar-refractivity contribution in [2.75, 3.05) is 19.7 Å². The summed E-state index contributed by atoms with van der Waals surface area (Å²) in [6, 6.07) is 3.27. The van der Waals surface area contributed by atoms with E-state index >= 15 is 0 Å². The molecule has 1 N–H and O–H groups in total. The lowest BCUT2D eigenvalue weighted by molar-refractivity contribution is -0.137. The molecule has 1 fully saturated rings. The lowest BCUT2D eigenvalue weighted by Gasteiger charge is -2.25. The second-order valence-electron chi connectivity index (χ2n) is 8.24. The Bertz CT molecular complexity index is 1200. The van der Waals surface area contributed by atoms with Crippen LogP contribution in [0.4, 0.5) is 19.1 Å². The van der Waals surface area contributed by atoms with Gasteiger partial charge in [0.2, 0.25) is 11.9 Å². The number of furan rings is 1. The molecular formula is C23H23F3N6O3. The van der Waals surface area contributed by atoms with Gasteiger partial charge in [0, 0.05) is 42.7 Å². The first-order valence-electron chi connectivity index (χ1n) is 11.2. The Hall–Kier alpha value is -3.59. The van der Waals surface area contributed by atoms with Crippen molar-refractivity contribution in [2.24, 2.45) is 9.98 Å². The Morgan fingerprint density at radius 2 is 1.97 bits per heavy atom. The number of aliphatic hydroxyl groups excluding tert-OH is 1. The van der Waals surface area contributed by atoms with Gasteiger partial charge in [-0.25, -0.2) is 15.0 Å². The van der Waals surface area contributed by atoms with Crippen LogP contribution in [0, 0.1) is 11.3 Å². The van der Waals surface area contributed by atoms with Crippen LogP contribution in [-0.2, 0) is 23.9 Å². The molecule has 2 aromatic rings. The molecule has 0 atom stereocenters. The predicted molar refractivity (Wildman–Crippen MR) is 119 cm³/mol. The summed E-state index contributed by atoms with van der Waals surface area (Å²) >= 11 is 0. The minimum Gasteiger partial charge on any atom is -0.459 e. The Morgan fingerprint density at radius 1 is 1.23 bits per heavy atom. The van der Waals surface area contributed by atoms with Crippen LogP contribution >= 0.6 is 0 Å². The molecule has 2 aromatic heterocycles. The van der Waals surface area contributed by atoms with Gasteiger partial charge in [0.25, 0.3) is 0 Å². The number of aliphatic imine (C=N–C) groups is 2. The number of halogens is 3. The third-order valence-corrected chi connectivity index (χ3v) is 5.86. The number of rotatable bonds is 5. The fourth-order valence-corrected chi connectivity index (χ4v) is 4.11. The number of hydrogen-bond acceptors (Lipinski definition) is 8. The standard InChI is InChI=1S/C23H23F3N6O3/c24-23(25,26)17-12-29-22(30-16-3-1-15(2-4-16)28-8-10-33)31-21(17)19-11-14-13-32(20(34)5-7-27)9-6-18(14)35-19/h11-12,33H,1-6,8-10,13H2. The topological polar surface area (TPSA) is 128 Å². The summed E-state index contributed by atoms with van der Waals surface area (Å²) < 4.78 is 46.9. The summed E-state index contributed by atoms with van der Waals surface area (Å²) in [7, 11) is 0. The monoisotopic (exact) mass is 488 g/mol. The minimum atomic E-state index is -4.70. The van der Waals surface area contributed by atoms with Gasteiger partial charge in [-0.1, -0.05) is 0 Å². The smallest absolute Gasteiger partial charge is 0.420 e. The zero-order chi connectivity index (χ0) is 25.0. The highest BCUT2D eigenvalue weighted by Gasteiger charge is 2.37. The number of aromatic nitrogens is 2. The van der Waals surface area contributed by atoms with Crippen molar-refractivity contribution < 1.29 is 27.5 Å². The number of hydrogen-bond donors (Lipinski definition) is 1. The molecule has 0 unspecified atom stereocenters. The van der Waals surface area contributed by atoms with Gasteiger partial charge in [-0.05, 0) is 31.7 Å². The Labute approximate surface area is 199 Å². The highest BCUT2D eigenvalue weighted by atomic mass is 19.4. The number of nitrogens with zero attached hydrogens (tertiary/aromatic N) is 6. The molecule has 0 aromatic carbocycles. The first kappa shape index (κ1) is 24.5. The van der Waals surface area contributed by atoms with Crippen LogP contribution in [0.3, 0.4) is 0 Å². The van der Waals surface area contributed by atoms with E-state index < -0.39 is 17.4 Å². The quantitative estimate of drug-likeness (QED) is 0.685. The molecule has 1 aliphatic heterocycles. The SMILES string of the molecule is N#CCC(=O)N1CCc2oc(-c3nc(N=C4CCC(=NCCO)CC4)ncc3C(F)(F)F)cc2C1. The van der Waals surface area contributed by atoms with Crippen LogP contribution in [0.15, 0.2) is 26.7 Å². The van der Waals surface area contributed by atoms with Crippen molar-refractivity contribution in [2.45, 2.75) is 51.2 Å². The van der Waals surface area contributed by atoms with Crippen molar-refractivity contribution in [3.05, 3.63) is 29.2 Å². The summed E-state index contributed by atoms with van der Waals surface area (Å²) in [6.45, 7) is 0.807. The predicted octanol–water partition coefficient (Wildman–Crippen LogP) is 3.63. The number of alkyl halides is 3. The number of aliphatic hydroxyl groups is 1. The normalized spacial score (nSPS) is 16.0. The number of amides is 1. The van der Waals surface area contributed by atoms with E-state index in [2.05, 4.69) is 20.0 Å². The van der Waals surface area contributed by atoms with Crippen molar-refractivity contribution in [1.82, 2.24) is 14.9 Å². The summed E-state index contributed by atoms with van der Waals surface area (Å²) in [5.74, 6) is -0.00146. The van der Waals surface area contributed by atoms with Gasteiger partial charge < -0.3 is 14.4 Å². The second-order valence-corrected chi connectivity index (χ2v) is 8.24. The molecule has 2 aliphatic rings. The maximum atomic E-state index is 13.7. The lowest BCUT2D eigenvalue weighted by atomic mass is 9.96. The molecule has 1 aliphatic carbocycles. The fraction of sp³-hybridized carbons (Fsp3) is 0.478. The van der Waals surface area contributed by atoms with Crippen LogP contribution in [0.2, 0.25) is 0 Å². The van der Waals surface area contributed by atoms with Gasteiger partial charge in [0.05, 0.1) is 19.2 Å². The van der Waals surface area contributed by atoms with E-state index in [1.165, 1.54) is 11.0 Å². The molecule has 0 radical (unpaired) electrons. The maximum absolute atomic E-state index is 13.7. The maximum Gasteiger partial charge on any atom is 0.420 e. The molecular weight excluding hydrogens is 465 g/mol. The zero-order valence-corrected chi connectivity index (χ0v) is 18.8. The molecule has 184 valence electrons. The van der Waals surface area contributed by atoms with Crippen LogP contribution in [-0.4, -0.2) is 57.0 Å². The number of carbonyl (C=O) groups excluding carboxylic acids is 1. The van der Waals surface area contributed by atoms with Gasteiger partial charge in [-0.3, -0.25) is 9.79 Å². The highest BCUT2D eigenvalue weighted by molar-refractivity contribution is 5.98. The third-order valence-electron chi connectivity index (χ3n) is 5.86. The molecule has 0 saturated heterocycles. The number of nitriles is 1. The Kier molecular flexibility index (Phi) is 7.25. The van der Waals surface area contributed by atoms with Crippen LogP contribution in [0.25, 0.3) is 11.5 Å². The molecule has 0 bridgehead atoms. The van der Waals surface area contributed by atoms with E-state index in [-0.39, 0.29) is 37.2 Å². The number of fused-ring (bicyclic) bond motifs is 1. The molecule has 12 heteroatoms. The Morgan fingerprint density at radius 3 is 2.66 bits per heavy atom. The van der Waals surface area contributed by atoms with Gasteiger partial charge in [-0.15, -0.1) is 0 Å². The summed E-state index contributed by atoms with van der Waals surface area (Å²) in [4.78, 5) is 30.1. The van der Waals surface area contributed by atoms with E-state index in [0.29, 0.717) is 62.7 Å². The molecule has 1 saturated carbocycles. The first-order chi connectivity index (χ1) is 16.8. The van der Waals surface area contributed by atoms with Crippen molar-refractivity contribution >= 4 is 23.3 Å². The van der Waals surface area contributed by atoms with Crippen molar-refractivity contribution in [1.29, 1.82) is 5.26 Å². The zero-order valence-electron chi connectivity index (χ0n) is 18.8. The first-order valence-corrected chi connectivity index (χ1v) is 11.2. The fourth-order valence-electron chi connectivity index (χ4n) is 4.11. The minimum absolute atomic E-state index is 0.0168. The van der Waals surface area contributed by atoms with E-state index in [4.69, 9.17) is 14.8 Å². The van der Waals surface area contributed by atoms with E-state index in [0.717, 1.165) is 11.4 Å². The van der Waals surface area contributed by atoms with Crippen LogP contribution in [0.5, 0.6) is 0 Å². The van der Waals surface area contributed by atoms with Gasteiger partial charge in [-0.2, -0.15) is 18.4 Å². The third kappa shape index (κ3) is 5.74. The van der Waals surface area contributed by atoms with E-state index in [9.17, 15) is 18.0 Å². The molecule has 35 heavy (non-hydrogen) atoms. The molecule has 3 heterocycles. The highest BCUT2D eigenvalue weighted by Crippen LogP contribution is 2.38. The Balaban J connectivity index is 1.61. The van der Waals surface area contributed by atoms with Crippen LogP contribution < -0.4 is 0 Å². The molecule has 0 spiro atoms. The summed E-state index contributed by atoms with van der Waals surface area (Å²) in [5, 5.41) is 17.6. The number of carbonyl (C=O) groups is 1. The second kappa shape index (κ2) is 10.4. The van der Waals surface area contributed by atoms with Gasteiger partial charge in [0.1, 0.15) is 23.4 Å². The van der Waals surface area contributed by atoms with Crippen LogP contribution in [0.1, 0.15) is 49.0 Å². The van der Waals surface area contributed by atoms with Gasteiger partial charge >= 0.3 is 6.18 Å². The molecule has 4 rings (SSSR count). The average Bonchev–Trinajstić information content (AvgIpc) is 3.26. The van der Waals surface area contributed by atoms with E-state index in [1.807, 2.05) is 6.07 Å². The summed E-state index contributed by atoms with van der Waals surface area (Å²) in [5.41, 5.74) is 0.892. The molecule has 9 nitrogen and oxygen atoms in total. The molecule has 1 amide bonds. The van der Waals surface area contributed by atoms with Crippen molar-refractivity contribution in [3.8, 4) is 17.5 Å². The average molecular weight is 488 g/mol.